The summed E-state index contributed by atoms with van der Waals surface area (Å²) >= 11 is 2.09. The number of hydrogen-bond acceptors (Lipinski definition) is 3. The first-order chi connectivity index (χ1) is 36.0. The maximum Gasteiger partial charge on any atom is 0.264 e. The first kappa shape index (κ1) is 52.1. The van der Waals surface area contributed by atoms with E-state index in [4.69, 9.17) is 0 Å². The third-order valence-corrected chi connectivity index (χ3v) is 23.8. The molecule has 2 saturated carbocycles. The highest BCUT2D eigenvalue weighted by Crippen LogP contribution is 2.57. The standard InChI is InChI=1S/C73H93BN2S/c1-43-33-51-54(71(12,13)30-27-68(51,6)7)40-58(43)75-60-42-56-53(70(10,11)29-32-73(56,16)17)39-57(60)74-64-61(75)36-46(22-21-45-19-18-20-47-23-24-48(47)35-45)37-62(64)76(65-50-38-49(67(3,4)5)25-26-63(50)77-66(65)74)59-41-55-52(34-44(59)2)69(8,9)28-31-72(55,14)15/h25-26,33-34,36-42,45,47-48H,18-24,27-32,35H2,1-17H3. The molecule has 13 rings (SSSR count). The van der Waals surface area contributed by atoms with Crippen molar-refractivity contribution in [2.24, 2.45) is 17.8 Å². The number of hydrogen-bond donors (Lipinski definition) is 0. The fraction of sp³-hybridized carbons (Fsp3) is 0.562. The topological polar surface area (TPSA) is 6.48 Å². The van der Waals surface area contributed by atoms with E-state index in [9.17, 15) is 0 Å². The number of benzene rings is 5. The van der Waals surface area contributed by atoms with Crippen LogP contribution in [0, 0.1) is 31.6 Å². The second-order valence-corrected chi connectivity index (χ2v) is 32.8. The summed E-state index contributed by atoms with van der Waals surface area (Å²) in [5, 5.41) is 1.42. The molecule has 3 unspecified atom stereocenters. The summed E-state index contributed by atoms with van der Waals surface area (Å²) in [4.78, 5) is 5.74. The Labute approximate surface area is 470 Å². The highest BCUT2D eigenvalue weighted by molar-refractivity contribution is 7.33. The van der Waals surface area contributed by atoms with Crippen molar-refractivity contribution in [3.8, 4) is 0 Å². The molecular weight excluding hydrogens is 948 g/mol. The van der Waals surface area contributed by atoms with Crippen LogP contribution in [0.5, 0.6) is 0 Å². The Kier molecular flexibility index (Phi) is 11.6. The molecular formula is C73H93BN2S. The predicted octanol–water partition coefficient (Wildman–Crippen LogP) is 19.1. The molecule has 5 aromatic carbocycles. The zero-order chi connectivity index (χ0) is 54.5. The van der Waals surface area contributed by atoms with Gasteiger partial charge in [-0.25, -0.2) is 0 Å². The number of anilines is 6. The van der Waals surface area contributed by atoms with Gasteiger partial charge in [0.2, 0.25) is 0 Å². The van der Waals surface area contributed by atoms with Crippen LogP contribution in [0.2, 0.25) is 0 Å². The Hall–Kier alpha value is -4.28. The second kappa shape index (κ2) is 17.1. The van der Waals surface area contributed by atoms with Crippen LogP contribution in [0.25, 0.3) is 10.1 Å². The fourth-order valence-corrected chi connectivity index (χ4v) is 18.1. The van der Waals surface area contributed by atoms with Gasteiger partial charge in [0.05, 0.1) is 5.69 Å². The van der Waals surface area contributed by atoms with Crippen LogP contribution in [-0.2, 0) is 44.3 Å². The van der Waals surface area contributed by atoms with Crippen molar-refractivity contribution in [1.82, 2.24) is 0 Å². The Balaban J connectivity index is 1.15. The predicted molar refractivity (Wildman–Crippen MR) is 336 cm³/mol. The van der Waals surface area contributed by atoms with Gasteiger partial charge in [-0.15, -0.1) is 11.3 Å². The van der Waals surface area contributed by atoms with Gasteiger partial charge in [0.1, 0.15) is 0 Å². The summed E-state index contributed by atoms with van der Waals surface area (Å²) in [6, 6.07) is 29.3. The van der Waals surface area contributed by atoms with E-state index in [1.165, 1.54) is 166 Å². The van der Waals surface area contributed by atoms with Crippen LogP contribution < -0.4 is 25.5 Å². The summed E-state index contributed by atoms with van der Waals surface area (Å²) in [5.41, 5.74) is 27.0. The van der Waals surface area contributed by atoms with Crippen LogP contribution in [0.3, 0.4) is 0 Å². The molecule has 3 atom stereocenters. The van der Waals surface area contributed by atoms with Crippen LogP contribution >= 0.6 is 11.3 Å². The van der Waals surface area contributed by atoms with Crippen molar-refractivity contribution < 1.29 is 0 Å². The highest BCUT2D eigenvalue weighted by atomic mass is 32.1. The van der Waals surface area contributed by atoms with E-state index in [-0.39, 0.29) is 44.6 Å². The first-order valence-electron chi connectivity index (χ1n) is 30.9. The number of nitrogens with zero attached hydrogens (tertiary/aromatic N) is 2. The molecule has 2 nitrogen and oxygen atoms in total. The van der Waals surface area contributed by atoms with E-state index >= 15 is 0 Å². The first-order valence-corrected chi connectivity index (χ1v) is 31.7. The van der Waals surface area contributed by atoms with Gasteiger partial charge in [-0.05, 0) is 249 Å². The van der Waals surface area contributed by atoms with E-state index in [1.807, 2.05) is 0 Å². The summed E-state index contributed by atoms with van der Waals surface area (Å²) in [7, 11) is 0. The van der Waals surface area contributed by atoms with Crippen molar-refractivity contribution >= 4 is 78.0 Å². The average molecular weight is 1040 g/mol. The van der Waals surface area contributed by atoms with Crippen LogP contribution in [0.4, 0.5) is 34.1 Å². The van der Waals surface area contributed by atoms with Crippen LogP contribution in [0.15, 0.2) is 66.7 Å². The largest absolute Gasteiger partial charge is 0.311 e. The minimum atomic E-state index is 0.0154. The zero-order valence-electron chi connectivity index (χ0n) is 50.9. The van der Waals surface area contributed by atoms with Crippen LogP contribution in [-0.4, -0.2) is 6.71 Å². The number of aryl methyl sites for hydroxylation is 3. The normalized spacial score (nSPS) is 24.6. The number of fused-ring (bicyclic) bond motifs is 10. The summed E-state index contributed by atoms with van der Waals surface area (Å²) in [6.45, 7) is 42.5. The molecule has 0 spiro atoms. The molecule has 7 aliphatic rings. The molecule has 2 fully saturated rings. The lowest BCUT2D eigenvalue weighted by Crippen LogP contribution is -2.61. The molecule has 0 N–H and O–H groups in total. The minimum Gasteiger partial charge on any atom is -0.311 e. The monoisotopic (exact) mass is 1040 g/mol. The lowest BCUT2D eigenvalue weighted by molar-refractivity contribution is 0.150. The van der Waals surface area contributed by atoms with Gasteiger partial charge in [0.25, 0.3) is 6.71 Å². The third-order valence-electron chi connectivity index (χ3n) is 22.6. The maximum atomic E-state index is 2.87. The molecule has 0 amide bonds. The van der Waals surface area contributed by atoms with Gasteiger partial charge < -0.3 is 9.80 Å². The lowest BCUT2D eigenvalue weighted by atomic mass is 9.35. The summed E-state index contributed by atoms with van der Waals surface area (Å²) in [5.74, 6) is 2.76. The van der Waals surface area contributed by atoms with Crippen molar-refractivity contribution in [3.05, 3.63) is 122 Å². The van der Waals surface area contributed by atoms with E-state index in [1.54, 1.807) is 33.4 Å². The van der Waals surface area contributed by atoms with E-state index in [0.717, 1.165) is 24.2 Å². The molecule has 77 heavy (non-hydrogen) atoms. The fourth-order valence-electron chi connectivity index (χ4n) is 16.8. The Morgan fingerprint density at radius 3 is 1.52 bits per heavy atom. The SMILES string of the molecule is Cc1cc2c(cc1N1c3cc4c(cc3B3c5sc6ccc(C(C)(C)C)cc6c5N(c5cc6c(cc5C)C(C)(C)CCC6(C)C)c5cc(CCC6CCCC7CCC7C6)cc1c53)C(C)(C)CCC4(C)C)C(C)(C)CCC2(C)C. The molecule has 3 heterocycles. The van der Waals surface area contributed by atoms with Gasteiger partial charge in [-0.1, -0.05) is 147 Å². The smallest absolute Gasteiger partial charge is 0.264 e. The Morgan fingerprint density at radius 1 is 0.519 bits per heavy atom. The summed E-state index contributed by atoms with van der Waals surface area (Å²) < 4.78 is 2.91. The quantitative estimate of drug-likeness (QED) is 0.159. The minimum absolute atomic E-state index is 0.0154. The molecule has 0 radical (unpaired) electrons. The van der Waals surface area contributed by atoms with Crippen LogP contribution in [0.1, 0.15) is 243 Å². The molecule has 6 aromatic rings. The van der Waals surface area contributed by atoms with Gasteiger partial charge in [0.15, 0.2) is 0 Å². The van der Waals surface area contributed by atoms with Crippen molar-refractivity contribution in [3.63, 3.8) is 0 Å². The molecule has 2 aliphatic heterocycles. The Morgan fingerprint density at radius 2 is 1.00 bits per heavy atom. The molecule has 0 saturated heterocycles. The zero-order valence-corrected chi connectivity index (χ0v) is 51.7. The average Bonchev–Trinajstić information content (AvgIpc) is 3.82. The van der Waals surface area contributed by atoms with E-state index in [0.29, 0.717) is 0 Å². The summed E-state index contributed by atoms with van der Waals surface area (Å²) in [6.07, 6.45) is 18.3. The molecule has 0 bridgehead atoms. The number of rotatable bonds is 5. The number of thiophene rings is 1. The highest BCUT2D eigenvalue weighted by Gasteiger charge is 2.50. The Bertz CT molecular complexity index is 3440. The molecule has 404 valence electrons. The third kappa shape index (κ3) is 8.08. The van der Waals surface area contributed by atoms with Gasteiger partial charge >= 0.3 is 0 Å². The lowest BCUT2D eigenvalue weighted by Gasteiger charge is -2.48. The van der Waals surface area contributed by atoms with Crippen molar-refractivity contribution in [2.45, 2.75) is 245 Å². The van der Waals surface area contributed by atoms with Gasteiger partial charge in [-0.2, -0.15) is 0 Å². The maximum absolute atomic E-state index is 2.87. The van der Waals surface area contributed by atoms with Gasteiger partial charge in [-0.3, -0.25) is 0 Å². The second-order valence-electron chi connectivity index (χ2n) is 31.7. The molecule has 5 aliphatic carbocycles. The van der Waals surface area contributed by atoms with Crippen molar-refractivity contribution in [1.29, 1.82) is 0 Å². The molecule has 1 aromatic heterocycles. The van der Waals surface area contributed by atoms with Crippen molar-refractivity contribution in [2.75, 3.05) is 9.80 Å². The van der Waals surface area contributed by atoms with E-state index in [2.05, 4.69) is 206 Å². The van der Waals surface area contributed by atoms with E-state index < -0.39 is 0 Å². The van der Waals surface area contributed by atoms with Gasteiger partial charge in [0, 0.05) is 43.3 Å². The molecule has 4 heteroatoms.